The van der Waals surface area contributed by atoms with E-state index in [1.807, 2.05) is 12.1 Å². The molecule has 0 atom stereocenters. The molecule has 1 rings (SSSR count). The van der Waals surface area contributed by atoms with Crippen molar-refractivity contribution < 1.29 is 38.0 Å². The third-order valence-corrected chi connectivity index (χ3v) is 4.68. The summed E-state index contributed by atoms with van der Waals surface area (Å²) in [6, 6.07) is 7.29. The maximum absolute atomic E-state index is 12.0. The number of rotatable bonds is 25. The number of halogens is 1. The van der Waals surface area contributed by atoms with Crippen LogP contribution in [0.25, 0.3) is 0 Å². The Morgan fingerprint density at radius 3 is 1.54 bits per heavy atom. The molecule has 0 amide bonds. The van der Waals surface area contributed by atoms with E-state index in [1.165, 1.54) is 0 Å². The predicted molar refractivity (Wildman–Crippen MR) is 136 cm³/mol. The molecule has 0 fully saturated rings. The van der Waals surface area contributed by atoms with Crippen molar-refractivity contribution in [1.29, 1.82) is 0 Å². The molecule has 0 saturated carbocycles. The number of anilines is 1. The minimum atomic E-state index is -0.355. The van der Waals surface area contributed by atoms with Gasteiger partial charge in [-0.1, -0.05) is 13.3 Å². The van der Waals surface area contributed by atoms with Crippen LogP contribution in [0, 0.1) is 0 Å². The minimum Gasteiger partial charge on any atom is -0.460 e. The van der Waals surface area contributed by atoms with Crippen molar-refractivity contribution in [3.63, 3.8) is 0 Å². The Bertz CT molecular complexity index is 606. The van der Waals surface area contributed by atoms with Crippen LogP contribution < -0.4 is 5.32 Å². The van der Waals surface area contributed by atoms with Crippen molar-refractivity contribution in [3.05, 3.63) is 29.8 Å². The Labute approximate surface area is 214 Å². The third-order valence-electron chi connectivity index (χ3n) is 4.52. The number of hydrogen-bond donors (Lipinski definition) is 1. The normalized spacial score (nSPS) is 11.0. The minimum absolute atomic E-state index is 0.200. The zero-order valence-electron chi connectivity index (χ0n) is 21.0. The molecule has 10 heteroatoms. The van der Waals surface area contributed by atoms with E-state index < -0.39 is 0 Å². The van der Waals surface area contributed by atoms with Crippen molar-refractivity contribution >= 4 is 23.3 Å². The van der Waals surface area contributed by atoms with Crippen molar-refractivity contribution in [2.24, 2.45) is 0 Å². The zero-order valence-corrected chi connectivity index (χ0v) is 21.7. The Kier molecular flexibility index (Phi) is 21.9. The standard InChI is InChI=1S/C25H42ClNO8/c1-2-3-9-27-24-6-4-23(5-7-24)25(28)35-22-21-34-20-19-33-18-17-32-16-15-31-14-13-30-12-11-29-10-8-26/h4-7,27H,2-3,8-22H2,1H3. The highest BCUT2D eigenvalue weighted by molar-refractivity contribution is 6.17. The van der Waals surface area contributed by atoms with Gasteiger partial charge in [0.2, 0.25) is 0 Å². The van der Waals surface area contributed by atoms with Gasteiger partial charge >= 0.3 is 5.97 Å². The van der Waals surface area contributed by atoms with Gasteiger partial charge in [-0.3, -0.25) is 0 Å². The first-order valence-electron chi connectivity index (χ1n) is 12.3. The Morgan fingerprint density at radius 1 is 0.686 bits per heavy atom. The number of unbranched alkanes of at least 4 members (excludes halogenated alkanes) is 1. The highest BCUT2D eigenvalue weighted by atomic mass is 35.5. The van der Waals surface area contributed by atoms with Crippen LogP contribution in [-0.2, 0) is 33.2 Å². The molecular weight excluding hydrogens is 478 g/mol. The van der Waals surface area contributed by atoms with E-state index in [9.17, 15) is 4.79 Å². The van der Waals surface area contributed by atoms with Gasteiger partial charge in [0.05, 0.1) is 84.8 Å². The fourth-order valence-corrected chi connectivity index (χ4v) is 2.78. The molecule has 1 N–H and O–H groups in total. The van der Waals surface area contributed by atoms with E-state index in [2.05, 4.69) is 12.2 Å². The molecule has 0 aliphatic carbocycles. The molecule has 0 saturated heterocycles. The second-order valence-corrected chi connectivity index (χ2v) is 7.73. The van der Waals surface area contributed by atoms with Crippen LogP contribution in [0.5, 0.6) is 0 Å². The van der Waals surface area contributed by atoms with Crippen LogP contribution in [0.1, 0.15) is 30.1 Å². The van der Waals surface area contributed by atoms with Crippen molar-refractivity contribution in [2.45, 2.75) is 19.8 Å². The van der Waals surface area contributed by atoms with Crippen LogP contribution >= 0.6 is 11.6 Å². The first-order valence-corrected chi connectivity index (χ1v) is 12.8. The second-order valence-electron chi connectivity index (χ2n) is 7.36. The molecular formula is C25H42ClNO8. The summed E-state index contributed by atoms with van der Waals surface area (Å²) in [6.45, 7) is 9.11. The average molecular weight is 520 g/mol. The lowest BCUT2D eigenvalue weighted by Gasteiger charge is -2.09. The number of carbonyl (C=O) groups excluding carboxylic acids is 1. The summed E-state index contributed by atoms with van der Waals surface area (Å²) < 4.78 is 37.4. The van der Waals surface area contributed by atoms with Gasteiger partial charge in [0.25, 0.3) is 0 Å². The number of ether oxygens (including phenoxy) is 7. The van der Waals surface area contributed by atoms with Crippen molar-refractivity contribution in [3.8, 4) is 0 Å². The van der Waals surface area contributed by atoms with Crippen LogP contribution in [-0.4, -0.2) is 104 Å². The fraction of sp³-hybridized carbons (Fsp3) is 0.720. The molecule has 9 nitrogen and oxygen atoms in total. The van der Waals surface area contributed by atoms with Gasteiger partial charge in [0, 0.05) is 18.1 Å². The number of hydrogen-bond acceptors (Lipinski definition) is 9. The highest BCUT2D eigenvalue weighted by Gasteiger charge is 2.06. The summed E-state index contributed by atoms with van der Waals surface area (Å²) in [7, 11) is 0. The quantitative estimate of drug-likeness (QED) is 0.118. The predicted octanol–water partition coefficient (Wildman–Crippen LogP) is 3.39. The molecule has 202 valence electrons. The number of nitrogens with one attached hydrogen (secondary N) is 1. The van der Waals surface area contributed by atoms with E-state index in [0.717, 1.165) is 25.1 Å². The Balaban J connectivity index is 1.82. The number of esters is 1. The van der Waals surface area contributed by atoms with Gasteiger partial charge in [0.1, 0.15) is 6.61 Å². The van der Waals surface area contributed by atoms with Crippen LogP contribution in [0.3, 0.4) is 0 Å². The van der Waals surface area contributed by atoms with E-state index in [4.69, 9.17) is 44.8 Å². The zero-order chi connectivity index (χ0) is 25.2. The summed E-state index contributed by atoms with van der Waals surface area (Å²) in [4.78, 5) is 12.0. The van der Waals surface area contributed by atoms with Gasteiger partial charge in [-0.15, -0.1) is 11.6 Å². The lowest BCUT2D eigenvalue weighted by molar-refractivity contribution is -0.0189. The molecule has 0 aliphatic rings. The monoisotopic (exact) mass is 519 g/mol. The van der Waals surface area contributed by atoms with E-state index in [-0.39, 0.29) is 12.6 Å². The lowest BCUT2D eigenvalue weighted by Crippen LogP contribution is -2.15. The summed E-state index contributed by atoms with van der Waals surface area (Å²) in [5.74, 6) is 0.139. The summed E-state index contributed by atoms with van der Waals surface area (Å²) in [5, 5.41) is 3.31. The summed E-state index contributed by atoms with van der Waals surface area (Å²) in [5.41, 5.74) is 1.52. The maximum Gasteiger partial charge on any atom is 0.338 e. The molecule has 0 heterocycles. The van der Waals surface area contributed by atoms with Gasteiger partial charge in [0.15, 0.2) is 0 Å². The molecule has 0 radical (unpaired) electrons. The first kappa shape index (κ1) is 31.6. The second kappa shape index (κ2) is 24.2. The Morgan fingerprint density at radius 2 is 1.11 bits per heavy atom. The molecule has 0 bridgehead atoms. The van der Waals surface area contributed by atoms with Gasteiger partial charge in [-0.25, -0.2) is 4.79 Å². The molecule has 0 spiro atoms. The fourth-order valence-electron chi connectivity index (χ4n) is 2.67. The first-order chi connectivity index (χ1) is 17.3. The maximum atomic E-state index is 12.0. The van der Waals surface area contributed by atoms with E-state index in [1.54, 1.807) is 12.1 Å². The molecule has 0 aromatic heterocycles. The SMILES string of the molecule is CCCCNc1ccc(C(=O)OCCOCCOCCOCCOCCOCCOCCCl)cc1. The van der Waals surface area contributed by atoms with Gasteiger partial charge in [-0.05, 0) is 30.7 Å². The molecule has 1 aromatic rings. The third kappa shape index (κ3) is 19.4. The molecule has 0 aliphatic heterocycles. The summed E-state index contributed by atoms with van der Waals surface area (Å²) in [6.07, 6.45) is 2.25. The molecule has 1 aromatic carbocycles. The van der Waals surface area contributed by atoms with Gasteiger partial charge in [-0.2, -0.15) is 0 Å². The largest absolute Gasteiger partial charge is 0.460 e. The van der Waals surface area contributed by atoms with Crippen LogP contribution in [0.15, 0.2) is 24.3 Å². The van der Waals surface area contributed by atoms with Gasteiger partial charge < -0.3 is 38.5 Å². The van der Waals surface area contributed by atoms with Crippen LogP contribution in [0.2, 0.25) is 0 Å². The van der Waals surface area contributed by atoms with Crippen LogP contribution in [0.4, 0.5) is 5.69 Å². The van der Waals surface area contributed by atoms with E-state index >= 15 is 0 Å². The highest BCUT2D eigenvalue weighted by Crippen LogP contribution is 2.10. The number of carbonyl (C=O) groups is 1. The van der Waals surface area contributed by atoms with Crippen molar-refractivity contribution in [1.82, 2.24) is 0 Å². The van der Waals surface area contributed by atoms with Crippen molar-refractivity contribution in [2.75, 3.05) is 104 Å². The number of alkyl halides is 1. The average Bonchev–Trinajstić information content (AvgIpc) is 2.88. The Hall–Kier alpha value is -1.46. The topological polar surface area (TPSA) is 93.7 Å². The summed E-state index contributed by atoms with van der Waals surface area (Å²) >= 11 is 5.50. The molecule has 0 unspecified atom stereocenters. The van der Waals surface area contributed by atoms with E-state index in [0.29, 0.717) is 90.7 Å². The smallest absolute Gasteiger partial charge is 0.338 e. The lowest BCUT2D eigenvalue weighted by atomic mass is 10.2. The molecule has 35 heavy (non-hydrogen) atoms. The number of benzene rings is 1.